The van der Waals surface area contributed by atoms with Crippen LogP contribution in [0.5, 0.6) is 0 Å². The Morgan fingerprint density at radius 3 is 1.68 bits per heavy atom. The molecule has 4 heterocycles. The Labute approximate surface area is 363 Å². The van der Waals surface area contributed by atoms with Crippen LogP contribution >= 0.6 is 0 Å². The van der Waals surface area contributed by atoms with E-state index < -0.39 is 0 Å². The normalized spacial score (nSPS) is 11.6. The molecule has 4 aromatic heterocycles. The van der Waals surface area contributed by atoms with Crippen LogP contribution in [0.2, 0.25) is 0 Å². The molecule has 6 heteroatoms. The van der Waals surface area contributed by atoms with Crippen molar-refractivity contribution in [1.82, 2.24) is 24.5 Å². The number of nitrogens with zero attached hydrogens (tertiary/aromatic N) is 5. The fourth-order valence-corrected chi connectivity index (χ4v) is 8.96. The summed E-state index contributed by atoms with van der Waals surface area (Å²) in [5, 5.41) is 4.34. The molecule has 0 saturated heterocycles. The lowest BCUT2D eigenvalue weighted by atomic mass is 9.91. The monoisotopic (exact) mass is 807 g/mol. The summed E-state index contributed by atoms with van der Waals surface area (Å²) < 4.78 is 8.74. The molecule has 6 nitrogen and oxygen atoms in total. The minimum absolute atomic E-state index is 0.391. The van der Waals surface area contributed by atoms with Crippen molar-refractivity contribution in [3.05, 3.63) is 224 Å². The fourth-order valence-electron chi connectivity index (χ4n) is 8.96. The molecule has 63 heavy (non-hydrogen) atoms. The zero-order valence-corrected chi connectivity index (χ0v) is 34.1. The number of hydrogen-bond donors (Lipinski definition) is 0. The topological polar surface area (TPSA) is 69.6 Å². The van der Waals surface area contributed by atoms with Gasteiger partial charge in [0, 0.05) is 56.4 Å². The van der Waals surface area contributed by atoms with Crippen LogP contribution < -0.4 is 0 Å². The Morgan fingerprint density at radius 1 is 0.381 bits per heavy atom. The van der Waals surface area contributed by atoms with Gasteiger partial charge in [-0.05, 0) is 64.2 Å². The van der Waals surface area contributed by atoms with E-state index in [1.165, 1.54) is 0 Å². The second-order valence-electron chi connectivity index (χ2n) is 15.8. The van der Waals surface area contributed by atoms with Crippen molar-refractivity contribution in [3.63, 3.8) is 0 Å². The molecular weight excluding hydrogens is 771 g/mol. The van der Waals surface area contributed by atoms with Crippen molar-refractivity contribution in [2.45, 2.75) is 6.42 Å². The van der Waals surface area contributed by atoms with Gasteiger partial charge >= 0.3 is 0 Å². The molecule has 0 saturated carbocycles. The summed E-state index contributed by atoms with van der Waals surface area (Å²) >= 11 is 0. The highest BCUT2D eigenvalue weighted by atomic mass is 16.3. The van der Waals surface area contributed by atoms with Gasteiger partial charge in [0.25, 0.3) is 0 Å². The Hall–Kier alpha value is -8.48. The van der Waals surface area contributed by atoms with E-state index in [1.807, 2.05) is 79.0 Å². The van der Waals surface area contributed by atoms with Gasteiger partial charge in [-0.15, -0.1) is 0 Å². The molecule has 296 valence electrons. The molecule has 0 aliphatic heterocycles. The molecule has 8 aromatic carbocycles. The van der Waals surface area contributed by atoms with E-state index in [4.69, 9.17) is 24.4 Å². The third-order valence-corrected chi connectivity index (χ3v) is 11.9. The van der Waals surface area contributed by atoms with Crippen LogP contribution in [-0.4, -0.2) is 24.5 Å². The first-order valence-electron chi connectivity index (χ1n) is 21.2. The third-order valence-electron chi connectivity index (χ3n) is 11.9. The molecule has 0 fully saturated rings. The second kappa shape index (κ2) is 15.2. The summed E-state index contributed by atoms with van der Waals surface area (Å²) in [4.78, 5) is 20.9. The van der Waals surface area contributed by atoms with Crippen molar-refractivity contribution in [1.29, 1.82) is 0 Å². The maximum Gasteiger partial charge on any atom is 0.163 e. The Kier molecular flexibility index (Phi) is 8.78. The zero-order valence-electron chi connectivity index (χ0n) is 34.1. The lowest BCUT2D eigenvalue weighted by Gasteiger charge is -2.17. The van der Waals surface area contributed by atoms with Gasteiger partial charge in [-0.1, -0.05) is 170 Å². The van der Waals surface area contributed by atoms with E-state index in [1.54, 1.807) is 0 Å². The summed E-state index contributed by atoms with van der Waals surface area (Å²) in [6, 6.07) is 71.7. The lowest BCUT2D eigenvalue weighted by Crippen LogP contribution is -2.08. The average Bonchev–Trinajstić information content (AvgIpc) is 3.88. The van der Waals surface area contributed by atoms with Crippen LogP contribution in [0.3, 0.4) is 0 Å². The van der Waals surface area contributed by atoms with E-state index in [-0.39, 0.29) is 0 Å². The SMILES string of the molecule is c1ccc(-c2ccc(-c3ccccc3)c(-c3cnc(-n4c5ccccc5c5cc6oc7ccccc7c6cc54)c(Cc4nc(-c5ccccc5)nc(-c5ccccc5)n4)c3)c2)cc1. The molecule has 0 spiro atoms. The quantitative estimate of drug-likeness (QED) is 0.153. The summed E-state index contributed by atoms with van der Waals surface area (Å²) in [5.41, 5.74) is 13.3. The van der Waals surface area contributed by atoms with E-state index in [9.17, 15) is 0 Å². The van der Waals surface area contributed by atoms with Gasteiger partial charge in [0.05, 0.1) is 11.0 Å². The maximum absolute atomic E-state index is 6.43. The average molecular weight is 808 g/mol. The number of hydrogen-bond acceptors (Lipinski definition) is 5. The molecular formula is C57H37N5O. The minimum atomic E-state index is 0.391. The van der Waals surface area contributed by atoms with Gasteiger partial charge in [-0.25, -0.2) is 19.9 Å². The first kappa shape index (κ1) is 36.4. The Bertz CT molecular complexity index is 3580. The predicted molar refractivity (Wildman–Crippen MR) is 256 cm³/mol. The molecule has 0 aliphatic carbocycles. The Morgan fingerprint density at radius 2 is 0.984 bits per heavy atom. The van der Waals surface area contributed by atoms with Gasteiger partial charge in [0.2, 0.25) is 0 Å². The van der Waals surface area contributed by atoms with Crippen molar-refractivity contribution in [2.75, 3.05) is 0 Å². The first-order chi connectivity index (χ1) is 31.2. The maximum atomic E-state index is 6.43. The Balaban J connectivity index is 1.13. The number of aromatic nitrogens is 5. The summed E-state index contributed by atoms with van der Waals surface area (Å²) in [6.45, 7) is 0. The molecule has 0 radical (unpaired) electrons. The predicted octanol–water partition coefficient (Wildman–Crippen LogP) is 14.2. The molecule has 0 atom stereocenters. The molecule has 0 bridgehead atoms. The van der Waals surface area contributed by atoms with Gasteiger partial charge in [-0.3, -0.25) is 4.57 Å². The van der Waals surface area contributed by atoms with Gasteiger partial charge in [-0.2, -0.15) is 0 Å². The van der Waals surface area contributed by atoms with Crippen molar-refractivity contribution in [3.8, 4) is 62.0 Å². The van der Waals surface area contributed by atoms with Gasteiger partial charge < -0.3 is 4.42 Å². The molecule has 0 aliphatic rings. The number of pyridine rings is 1. The first-order valence-corrected chi connectivity index (χ1v) is 21.2. The lowest BCUT2D eigenvalue weighted by molar-refractivity contribution is 0.669. The van der Waals surface area contributed by atoms with Crippen molar-refractivity contribution < 1.29 is 4.42 Å². The van der Waals surface area contributed by atoms with Crippen molar-refractivity contribution in [2.24, 2.45) is 0 Å². The molecule has 0 unspecified atom stereocenters. The fraction of sp³-hybridized carbons (Fsp3) is 0.0175. The summed E-state index contributed by atoms with van der Waals surface area (Å²) in [5.74, 6) is 2.70. The van der Waals surface area contributed by atoms with Gasteiger partial charge in [0.1, 0.15) is 22.8 Å². The van der Waals surface area contributed by atoms with Crippen LogP contribution in [-0.2, 0) is 6.42 Å². The highest BCUT2D eigenvalue weighted by Gasteiger charge is 2.22. The smallest absolute Gasteiger partial charge is 0.163 e. The standard InChI is InChI=1S/C57H37N5O/c1-5-17-37(18-6-1)41-29-30-44(38-19-7-2-8-20-38)47(32-41)43-31-42(33-54-59-55(39-21-9-3-10-22-39)61-56(60-54)40-23-11-4-12-24-40)57(58-36-43)62-50-27-15-13-25-45(50)48-35-53-49(34-51(48)62)46-26-14-16-28-52(46)63-53/h1-32,34-36H,33H2. The van der Waals surface area contributed by atoms with Gasteiger partial charge in [0.15, 0.2) is 11.6 Å². The molecule has 12 aromatic rings. The molecule has 0 N–H and O–H groups in total. The van der Waals surface area contributed by atoms with E-state index in [0.717, 1.165) is 99.6 Å². The van der Waals surface area contributed by atoms with E-state index >= 15 is 0 Å². The van der Waals surface area contributed by atoms with Crippen LogP contribution in [0, 0.1) is 0 Å². The summed E-state index contributed by atoms with van der Waals surface area (Å²) in [6.07, 6.45) is 2.42. The van der Waals surface area contributed by atoms with Crippen LogP contribution in [0.25, 0.3) is 106 Å². The highest BCUT2D eigenvalue weighted by molar-refractivity contribution is 6.17. The number of rotatable bonds is 8. The number of benzene rings is 8. The molecule has 12 rings (SSSR count). The highest BCUT2D eigenvalue weighted by Crippen LogP contribution is 2.41. The summed E-state index contributed by atoms with van der Waals surface area (Å²) in [7, 11) is 0. The van der Waals surface area contributed by atoms with Crippen LogP contribution in [0.4, 0.5) is 0 Å². The minimum Gasteiger partial charge on any atom is -0.456 e. The number of fused-ring (bicyclic) bond motifs is 6. The molecule has 0 amide bonds. The van der Waals surface area contributed by atoms with Crippen LogP contribution in [0.15, 0.2) is 217 Å². The van der Waals surface area contributed by atoms with Crippen LogP contribution in [0.1, 0.15) is 11.4 Å². The third kappa shape index (κ3) is 6.53. The number of furan rings is 1. The van der Waals surface area contributed by atoms with E-state index in [0.29, 0.717) is 23.9 Å². The van der Waals surface area contributed by atoms with E-state index in [2.05, 4.69) is 138 Å². The largest absolute Gasteiger partial charge is 0.456 e. The zero-order chi connectivity index (χ0) is 41.7. The van der Waals surface area contributed by atoms with Crippen molar-refractivity contribution >= 4 is 43.7 Å². The second-order valence-corrected chi connectivity index (χ2v) is 15.8. The number of para-hydroxylation sites is 2.